The summed E-state index contributed by atoms with van der Waals surface area (Å²) in [4.78, 5) is 2.36. The van der Waals surface area contributed by atoms with Crippen LogP contribution < -0.4 is 5.73 Å². The van der Waals surface area contributed by atoms with Crippen LogP contribution in [0.4, 0.5) is 0 Å². The van der Waals surface area contributed by atoms with Crippen molar-refractivity contribution in [2.24, 2.45) is 5.73 Å². The molecule has 1 aromatic rings. The molecule has 5 nitrogen and oxygen atoms in total. The third-order valence-electron chi connectivity index (χ3n) is 3.15. The van der Waals surface area contributed by atoms with Gasteiger partial charge in [0.05, 0.1) is 24.9 Å². The first-order valence-electron chi connectivity index (χ1n) is 6.24. The molecule has 2 heterocycles. The number of hydrogen-bond donors (Lipinski definition) is 1. The number of hydrogen-bond acceptors (Lipinski definition) is 4. The minimum absolute atomic E-state index is 0. The quantitative estimate of drug-likeness (QED) is 0.901. The summed E-state index contributed by atoms with van der Waals surface area (Å²) in [6.45, 7) is 9.35. The molecule has 0 saturated carbocycles. The van der Waals surface area contributed by atoms with E-state index in [0.717, 1.165) is 38.5 Å². The normalized spacial score (nSPS) is 19.6. The molecule has 1 unspecified atom stereocenters. The average molecular weight is 311 g/mol. The lowest BCUT2D eigenvalue weighted by Gasteiger charge is -2.32. The van der Waals surface area contributed by atoms with E-state index in [2.05, 4.69) is 23.0 Å². The lowest BCUT2D eigenvalue weighted by molar-refractivity contribution is -0.0367. The predicted octanol–water partition coefficient (Wildman–Crippen LogP) is 1.00. The monoisotopic (exact) mass is 310 g/mol. The Labute approximate surface area is 127 Å². The van der Waals surface area contributed by atoms with Crippen LogP contribution >= 0.6 is 24.8 Å². The lowest BCUT2D eigenvalue weighted by Crippen LogP contribution is -2.46. The number of ether oxygens (including phenoxy) is 1. The Bertz CT molecular complexity index is 371. The highest BCUT2D eigenvalue weighted by Crippen LogP contribution is 2.09. The summed E-state index contributed by atoms with van der Waals surface area (Å²) in [5.74, 6) is 0. The van der Waals surface area contributed by atoms with Crippen molar-refractivity contribution in [1.82, 2.24) is 14.7 Å². The van der Waals surface area contributed by atoms with E-state index in [1.54, 1.807) is 0 Å². The molecule has 1 aromatic heterocycles. The Balaban J connectivity index is 0.00000162. The highest BCUT2D eigenvalue weighted by Gasteiger charge is 2.20. The first-order valence-corrected chi connectivity index (χ1v) is 6.24. The topological polar surface area (TPSA) is 56.3 Å². The fourth-order valence-corrected chi connectivity index (χ4v) is 2.33. The van der Waals surface area contributed by atoms with Crippen molar-refractivity contribution < 1.29 is 4.74 Å². The molecule has 112 valence electrons. The average Bonchev–Trinajstić information content (AvgIpc) is 2.58. The van der Waals surface area contributed by atoms with Gasteiger partial charge >= 0.3 is 0 Å². The minimum atomic E-state index is 0. The number of morpholine rings is 1. The highest BCUT2D eigenvalue weighted by molar-refractivity contribution is 5.85. The van der Waals surface area contributed by atoms with Crippen molar-refractivity contribution in [3.05, 3.63) is 17.5 Å². The number of rotatable bonds is 4. The van der Waals surface area contributed by atoms with Crippen LogP contribution in [0.5, 0.6) is 0 Å². The maximum atomic E-state index is 5.78. The van der Waals surface area contributed by atoms with Crippen LogP contribution in [0.15, 0.2) is 6.07 Å². The van der Waals surface area contributed by atoms with E-state index in [1.807, 2.05) is 11.6 Å². The van der Waals surface area contributed by atoms with E-state index in [4.69, 9.17) is 10.5 Å². The zero-order valence-corrected chi connectivity index (χ0v) is 13.2. The van der Waals surface area contributed by atoms with E-state index >= 15 is 0 Å². The SMILES string of the molecule is Cc1cc(C)n(CC2CN(CCN)CCO2)n1.Cl.Cl. The number of aryl methyl sites for hydroxylation is 2. The molecule has 7 heteroatoms. The summed E-state index contributed by atoms with van der Waals surface area (Å²) in [6.07, 6.45) is 0.230. The molecule has 1 fully saturated rings. The van der Waals surface area contributed by atoms with Crippen molar-refractivity contribution in [2.75, 3.05) is 32.8 Å². The zero-order valence-electron chi connectivity index (χ0n) is 11.5. The standard InChI is InChI=1S/C12H22N4O.2ClH/c1-10-7-11(2)16(14-10)9-12-8-15(4-3-13)5-6-17-12;;/h7,12H,3-6,8-9,13H2,1-2H3;2*1H. The van der Waals surface area contributed by atoms with Crippen molar-refractivity contribution in [3.63, 3.8) is 0 Å². The molecule has 1 aliphatic heterocycles. The van der Waals surface area contributed by atoms with Crippen molar-refractivity contribution in [1.29, 1.82) is 0 Å². The van der Waals surface area contributed by atoms with Gasteiger partial charge in [-0.25, -0.2) is 0 Å². The highest BCUT2D eigenvalue weighted by atomic mass is 35.5. The summed E-state index contributed by atoms with van der Waals surface area (Å²) in [7, 11) is 0. The summed E-state index contributed by atoms with van der Waals surface area (Å²) < 4.78 is 7.81. The van der Waals surface area contributed by atoms with E-state index in [0.29, 0.717) is 6.54 Å². The summed E-state index contributed by atoms with van der Waals surface area (Å²) in [5, 5.41) is 4.47. The van der Waals surface area contributed by atoms with Gasteiger partial charge in [0, 0.05) is 31.9 Å². The van der Waals surface area contributed by atoms with E-state index in [-0.39, 0.29) is 30.9 Å². The molecule has 2 rings (SSSR count). The van der Waals surface area contributed by atoms with Crippen LogP contribution in [0.2, 0.25) is 0 Å². The predicted molar refractivity (Wildman–Crippen MR) is 81.4 cm³/mol. The maximum Gasteiger partial charge on any atom is 0.0898 e. The Morgan fingerprint density at radius 2 is 2.16 bits per heavy atom. The van der Waals surface area contributed by atoms with Gasteiger partial charge in [-0.1, -0.05) is 0 Å². The first-order chi connectivity index (χ1) is 8.19. The molecular formula is C12H24Cl2N4O. The Morgan fingerprint density at radius 1 is 1.42 bits per heavy atom. The van der Waals surface area contributed by atoms with Crippen molar-refractivity contribution >= 4 is 24.8 Å². The lowest BCUT2D eigenvalue weighted by atomic mass is 10.2. The van der Waals surface area contributed by atoms with Gasteiger partial charge in [-0.3, -0.25) is 9.58 Å². The van der Waals surface area contributed by atoms with Gasteiger partial charge in [-0.2, -0.15) is 5.10 Å². The van der Waals surface area contributed by atoms with Crippen LogP contribution in [-0.4, -0.2) is 53.6 Å². The van der Waals surface area contributed by atoms with Gasteiger partial charge in [0.2, 0.25) is 0 Å². The molecule has 0 spiro atoms. The second-order valence-corrected chi connectivity index (χ2v) is 4.69. The van der Waals surface area contributed by atoms with E-state index in [1.165, 1.54) is 5.69 Å². The molecule has 0 radical (unpaired) electrons. The third kappa shape index (κ3) is 5.28. The van der Waals surface area contributed by atoms with Gasteiger partial charge in [0.1, 0.15) is 0 Å². The van der Waals surface area contributed by atoms with Crippen molar-refractivity contribution in [3.8, 4) is 0 Å². The summed E-state index contributed by atoms with van der Waals surface area (Å²) in [6, 6.07) is 2.10. The Morgan fingerprint density at radius 3 is 2.74 bits per heavy atom. The molecule has 0 aliphatic carbocycles. The van der Waals surface area contributed by atoms with E-state index < -0.39 is 0 Å². The fourth-order valence-electron chi connectivity index (χ4n) is 2.33. The largest absolute Gasteiger partial charge is 0.374 e. The number of halogens is 2. The number of nitrogens with two attached hydrogens (primary N) is 1. The molecule has 0 aromatic carbocycles. The number of nitrogens with zero attached hydrogens (tertiary/aromatic N) is 3. The number of aromatic nitrogens is 2. The van der Waals surface area contributed by atoms with Gasteiger partial charge in [-0.05, 0) is 19.9 Å². The van der Waals surface area contributed by atoms with E-state index in [9.17, 15) is 0 Å². The van der Waals surface area contributed by atoms with Crippen LogP contribution in [0.3, 0.4) is 0 Å². The Kier molecular flexibility index (Phi) is 8.61. The second-order valence-electron chi connectivity index (χ2n) is 4.69. The molecular weight excluding hydrogens is 287 g/mol. The van der Waals surface area contributed by atoms with Crippen molar-refractivity contribution in [2.45, 2.75) is 26.5 Å². The smallest absolute Gasteiger partial charge is 0.0898 e. The summed E-state index contributed by atoms with van der Waals surface area (Å²) >= 11 is 0. The third-order valence-corrected chi connectivity index (χ3v) is 3.15. The zero-order chi connectivity index (χ0) is 12.3. The molecule has 19 heavy (non-hydrogen) atoms. The molecule has 2 N–H and O–H groups in total. The van der Waals surface area contributed by atoms with Gasteiger partial charge < -0.3 is 10.5 Å². The summed E-state index contributed by atoms with van der Waals surface area (Å²) in [5.41, 5.74) is 7.85. The van der Waals surface area contributed by atoms with Gasteiger partial charge in [-0.15, -0.1) is 24.8 Å². The van der Waals surface area contributed by atoms with Crippen LogP contribution in [0.25, 0.3) is 0 Å². The Hall–Kier alpha value is -0.330. The molecule has 1 atom stereocenters. The first kappa shape index (κ1) is 18.7. The van der Waals surface area contributed by atoms with Gasteiger partial charge in [0.25, 0.3) is 0 Å². The maximum absolute atomic E-state index is 5.78. The second kappa shape index (κ2) is 8.76. The minimum Gasteiger partial charge on any atom is -0.374 e. The fraction of sp³-hybridized carbons (Fsp3) is 0.750. The van der Waals surface area contributed by atoms with Crippen LogP contribution in [0.1, 0.15) is 11.4 Å². The molecule has 1 saturated heterocycles. The molecule has 0 bridgehead atoms. The molecule has 0 amide bonds. The van der Waals surface area contributed by atoms with Crippen LogP contribution in [0, 0.1) is 13.8 Å². The van der Waals surface area contributed by atoms with Gasteiger partial charge in [0.15, 0.2) is 0 Å². The van der Waals surface area contributed by atoms with Crippen LogP contribution in [-0.2, 0) is 11.3 Å². The molecule has 1 aliphatic rings.